The highest BCUT2D eigenvalue weighted by Gasteiger charge is 2.10. The Bertz CT molecular complexity index is 744. The van der Waals surface area contributed by atoms with Crippen LogP contribution in [-0.4, -0.2) is 32.7 Å². The largest absolute Gasteiger partial charge is 0.493 e. The van der Waals surface area contributed by atoms with Gasteiger partial charge in [-0.25, -0.2) is 4.79 Å². The number of rotatable bonds is 7. The van der Waals surface area contributed by atoms with Crippen molar-refractivity contribution in [1.29, 1.82) is 0 Å². The summed E-state index contributed by atoms with van der Waals surface area (Å²) in [7, 11) is 3.09. The van der Waals surface area contributed by atoms with Crippen LogP contribution in [0.5, 0.6) is 11.5 Å². The molecule has 0 atom stereocenters. The summed E-state index contributed by atoms with van der Waals surface area (Å²) >= 11 is 0. The number of nitrogen functional groups attached to an aromatic ring is 1. The van der Waals surface area contributed by atoms with Gasteiger partial charge in [0, 0.05) is 12.2 Å². The van der Waals surface area contributed by atoms with Crippen molar-refractivity contribution >= 4 is 17.6 Å². The third kappa shape index (κ3) is 5.13. The number of carbonyl (C=O) groups excluding carboxylic acids is 2. The molecule has 2 aromatic carbocycles. The molecule has 7 heteroatoms. The molecule has 132 valence electrons. The molecule has 2 rings (SSSR count). The van der Waals surface area contributed by atoms with E-state index in [0.29, 0.717) is 22.7 Å². The maximum Gasteiger partial charge on any atom is 0.338 e. The Morgan fingerprint density at radius 1 is 1.00 bits per heavy atom. The lowest BCUT2D eigenvalue weighted by atomic mass is 10.2. The average Bonchev–Trinajstić information content (AvgIpc) is 2.64. The lowest BCUT2D eigenvalue weighted by molar-refractivity contribution is -0.124. The second kappa shape index (κ2) is 8.58. The molecule has 0 unspecified atom stereocenters. The highest BCUT2D eigenvalue weighted by atomic mass is 16.5. The SMILES string of the molecule is COc1ccc(CNC(=O)COC(=O)c2ccc(N)cc2)cc1OC. The zero-order chi connectivity index (χ0) is 18.2. The van der Waals surface area contributed by atoms with Crippen LogP contribution in [0, 0.1) is 0 Å². The van der Waals surface area contributed by atoms with Crippen molar-refractivity contribution in [2.24, 2.45) is 0 Å². The molecule has 7 nitrogen and oxygen atoms in total. The number of carbonyl (C=O) groups is 2. The van der Waals surface area contributed by atoms with Crippen LogP contribution in [-0.2, 0) is 16.1 Å². The smallest absolute Gasteiger partial charge is 0.338 e. The number of hydrogen-bond acceptors (Lipinski definition) is 6. The molecule has 0 fully saturated rings. The zero-order valence-corrected chi connectivity index (χ0v) is 14.1. The van der Waals surface area contributed by atoms with E-state index in [1.54, 1.807) is 43.5 Å². The Morgan fingerprint density at radius 3 is 2.32 bits per heavy atom. The van der Waals surface area contributed by atoms with Crippen molar-refractivity contribution in [3.63, 3.8) is 0 Å². The van der Waals surface area contributed by atoms with E-state index in [2.05, 4.69) is 5.32 Å². The van der Waals surface area contributed by atoms with Crippen LogP contribution in [0.25, 0.3) is 0 Å². The minimum absolute atomic E-state index is 0.276. The Balaban J connectivity index is 1.82. The first-order chi connectivity index (χ1) is 12.0. The topological polar surface area (TPSA) is 99.9 Å². The maximum absolute atomic E-state index is 11.8. The van der Waals surface area contributed by atoms with E-state index >= 15 is 0 Å². The van der Waals surface area contributed by atoms with Crippen LogP contribution in [0.3, 0.4) is 0 Å². The second-order valence-electron chi connectivity index (χ2n) is 5.16. The van der Waals surface area contributed by atoms with Crippen LogP contribution >= 0.6 is 0 Å². The number of methoxy groups -OCH3 is 2. The predicted molar refractivity (Wildman–Crippen MR) is 92.5 cm³/mol. The standard InChI is InChI=1S/C18H20N2O5/c1-23-15-8-3-12(9-16(15)24-2)10-20-17(21)11-25-18(22)13-4-6-14(19)7-5-13/h3-9H,10-11,19H2,1-2H3,(H,20,21). The molecule has 0 spiro atoms. The van der Waals surface area contributed by atoms with Gasteiger partial charge in [0.15, 0.2) is 18.1 Å². The summed E-state index contributed by atoms with van der Waals surface area (Å²) in [6, 6.07) is 11.6. The molecule has 0 saturated carbocycles. The fourth-order valence-corrected chi connectivity index (χ4v) is 2.08. The molecule has 0 aromatic heterocycles. The summed E-state index contributed by atoms with van der Waals surface area (Å²) in [6.45, 7) is -0.0882. The Kier molecular flexibility index (Phi) is 6.22. The Hall–Kier alpha value is -3.22. The van der Waals surface area contributed by atoms with Crippen LogP contribution in [0.15, 0.2) is 42.5 Å². The third-order valence-corrected chi connectivity index (χ3v) is 3.42. The molecule has 2 aromatic rings. The number of amides is 1. The summed E-state index contributed by atoms with van der Waals surface area (Å²) in [5, 5.41) is 2.67. The molecule has 0 bridgehead atoms. The fraction of sp³-hybridized carbons (Fsp3) is 0.222. The molecule has 0 aliphatic rings. The first-order valence-electron chi connectivity index (χ1n) is 7.53. The zero-order valence-electron chi connectivity index (χ0n) is 14.1. The molecule has 1 amide bonds. The normalized spacial score (nSPS) is 10.0. The van der Waals surface area contributed by atoms with E-state index in [0.717, 1.165) is 5.56 Å². The highest BCUT2D eigenvalue weighted by Crippen LogP contribution is 2.27. The predicted octanol–water partition coefficient (Wildman–Crippen LogP) is 1.76. The van der Waals surface area contributed by atoms with Crippen molar-refractivity contribution in [2.45, 2.75) is 6.54 Å². The van der Waals surface area contributed by atoms with Gasteiger partial charge in [0.2, 0.25) is 0 Å². The summed E-state index contributed by atoms with van der Waals surface area (Å²) in [5.74, 6) is 0.193. The summed E-state index contributed by atoms with van der Waals surface area (Å²) in [5.41, 5.74) is 7.26. The van der Waals surface area contributed by atoms with Gasteiger partial charge in [0.25, 0.3) is 5.91 Å². The quantitative estimate of drug-likeness (QED) is 0.586. The highest BCUT2D eigenvalue weighted by molar-refractivity contribution is 5.91. The number of hydrogen-bond donors (Lipinski definition) is 2. The van der Waals surface area contributed by atoms with Gasteiger partial charge in [-0.3, -0.25) is 4.79 Å². The van der Waals surface area contributed by atoms with Crippen LogP contribution in [0.1, 0.15) is 15.9 Å². The van der Waals surface area contributed by atoms with E-state index in [1.165, 1.54) is 7.11 Å². The Morgan fingerprint density at radius 2 is 1.68 bits per heavy atom. The van der Waals surface area contributed by atoms with Crippen molar-refractivity contribution in [1.82, 2.24) is 5.32 Å². The van der Waals surface area contributed by atoms with Crippen LogP contribution in [0.2, 0.25) is 0 Å². The molecule has 3 N–H and O–H groups in total. The van der Waals surface area contributed by atoms with Gasteiger partial charge in [-0.05, 0) is 42.0 Å². The molecule has 0 radical (unpaired) electrons. The van der Waals surface area contributed by atoms with Crippen molar-refractivity contribution < 1.29 is 23.8 Å². The molecule has 0 heterocycles. The monoisotopic (exact) mass is 344 g/mol. The van der Waals surface area contributed by atoms with E-state index in [4.69, 9.17) is 19.9 Å². The molecular weight excluding hydrogens is 324 g/mol. The minimum Gasteiger partial charge on any atom is -0.493 e. The van der Waals surface area contributed by atoms with Gasteiger partial charge in [-0.15, -0.1) is 0 Å². The number of nitrogens with one attached hydrogen (secondary N) is 1. The Labute approximate surface area is 145 Å². The number of benzene rings is 2. The first-order valence-corrected chi connectivity index (χ1v) is 7.53. The third-order valence-electron chi connectivity index (χ3n) is 3.42. The van der Waals surface area contributed by atoms with Gasteiger partial charge in [0.05, 0.1) is 19.8 Å². The average molecular weight is 344 g/mol. The number of nitrogens with two attached hydrogens (primary N) is 1. The summed E-state index contributed by atoms with van der Waals surface area (Å²) < 4.78 is 15.3. The number of esters is 1. The summed E-state index contributed by atoms with van der Waals surface area (Å²) in [4.78, 5) is 23.6. The second-order valence-corrected chi connectivity index (χ2v) is 5.16. The van der Waals surface area contributed by atoms with E-state index in [9.17, 15) is 9.59 Å². The van der Waals surface area contributed by atoms with E-state index in [1.807, 2.05) is 6.07 Å². The molecule has 0 saturated heterocycles. The number of ether oxygens (including phenoxy) is 3. The number of anilines is 1. The molecule has 25 heavy (non-hydrogen) atoms. The van der Waals surface area contributed by atoms with Crippen LogP contribution in [0.4, 0.5) is 5.69 Å². The van der Waals surface area contributed by atoms with Gasteiger partial charge in [-0.1, -0.05) is 6.07 Å². The van der Waals surface area contributed by atoms with Gasteiger partial charge in [-0.2, -0.15) is 0 Å². The first kappa shape index (κ1) is 18.1. The fourth-order valence-electron chi connectivity index (χ4n) is 2.08. The van der Waals surface area contributed by atoms with Crippen LogP contribution < -0.4 is 20.5 Å². The van der Waals surface area contributed by atoms with Crippen molar-refractivity contribution in [3.05, 3.63) is 53.6 Å². The molecule has 0 aliphatic heterocycles. The van der Waals surface area contributed by atoms with E-state index in [-0.39, 0.29) is 13.2 Å². The van der Waals surface area contributed by atoms with Crippen molar-refractivity contribution in [3.8, 4) is 11.5 Å². The lowest BCUT2D eigenvalue weighted by Gasteiger charge is -2.10. The summed E-state index contributed by atoms with van der Waals surface area (Å²) in [6.07, 6.45) is 0. The molecule has 0 aliphatic carbocycles. The minimum atomic E-state index is -0.582. The van der Waals surface area contributed by atoms with Crippen molar-refractivity contribution in [2.75, 3.05) is 26.6 Å². The maximum atomic E-state index is 11.8. The van der Waals surface area contributed by atoms with E-state index < -0.39 is 11.9 Å². The van der Waals surface area contributed by atoms with Gasteiger partial charge < -0.3 is 25.3 Å². The van der Waals surface area contributed by atoms with Gasteiger partial charge >= 0.3 is 5.97 Å². The molecular formula is C18H20N2O5. The lowest BCUT2D eigenvalue weighted by Crippen LogP contribution is -2.28. The van der Waals surface area contributed by atoms with Gasteiger partial charge in [0.1, 0.15) is 0 Å².